The lowest BCUT2D eigenvalue weighted by Crippen LogP contribution is -2.41. The van der Waals surface area contributed by atoms with Crippen LogP contribution in [0.1, 0.15) is 24.3 Å². The summed E-state index contributed by atoms with van der Waals surface area (Å²) in [5, 5.41) is 7.90. The molecule has 0 aliphatic heterocycles. The van der Waals surface area contributed by atoms with Crippen LogP contribution in [-0.2, 0) is 16.6 Å². The fourth-order valence-corrected chi connectivity index (χ4v) is 4.02. The Balaban J connectivity index is 1.83. The van der Waals surface area contributed by atoms with Crippen LogP contribution in [0.15, 0.2) is 31.1 Å². The van der Waals surface area contributed by atoms with Crippen LogP contribution >= 0.6 is 11.3 Å². The summed E-state index contributed by atoms with van der Waals surface area (Å²) >= 11 is 1.19. The molecule has 0 unspecified atom stereocenters. The van der Waals surface area contributed by atoms with Gasteiger partial charge in [-0.2, -0.15) is 0 Å². The molecule has 0 spiro atoms. The molecule has 0 atom stereocenters. The first-order chi connectivity index (χ1) is 11.9. The predicted octanol–water partition coefficient (Wildman–Crippen LogP) is 1.39. The van der Waals surface area contributed by atoms with Gasteiger partial charge in [-0.05, 0) is 32.2 Å². The Labute approximate surface area is 151 Å². The zero-order valence-corrected chi connectivity index (χ0v) is 16.1. The first-order valence-electron chi connectivity index (χ1n) is 7.90. The van der Waals surface area contributed by atoms with Crippen LogP contribution < -0.4 is 15.4 Å². The number of nitrogens with zero attached hydrogens (tertiary/aromatic N) is 2. The Morgan fingerprint density at radius 1 is 1.32 bits per heavy atom. The minimum atomic E-state index is -3.44. The number of thiophene rings is 1. The second-order valence-corrected chi connectivity index (χ2v) is 8.14. The molecule has 0 bridgehead atoms. The fourth-order valence-electron chi connectivity index (χ4n) is 1.95. The molecule has 10 heteroatoms. The fraction of sp³-hybridized carbons (Fsp3) is 0.467. The topological polar surface area (TPSA) is 109 Å². The number of hydrogen-bond donors (Lipinski definition) is 3. The summed E-state index contributed by atoms with van der Waals surface area (Å²) in [6.45, 7) is 7.35. The summed E-state index contributed by atoms with van der Waals surface area (Å²) in [4.78, 5) is 8.66. The zero-order valence-electron chi connectivity index (χ0n) is 14.5. The van der Waals surface area contributed by atoms with Gasteiger partial charge in [0.15, 0.2) is 5.96 Å². The van der Waals surface area contributed by atoms with E-state index in [2.05, 4.69) is 25.3 Å². The van der Waals surface area contributed by atoms with Crippen LogP contribution in [-0.4, -0.2) is 39.0 Å². The minimum Gasteiger partial charge on any atom is -0.444 e. The number of oxazole rings is 1. The van der Waals surface area contributed by atoms with Crippen LogP contribution in [0.4, 0.5) is 0 Å². The summed E-state index contributed by atoms with van der Waals surface area (Å²) in [7, 11) is -3.44. The number of guanidine groups is 1. The summed E-state index contributed by atoms with van der Waals surface area (Å²) in [5.41, 5.74) is 0.853. The van der Waals surface area contributed by atoms with Crippen molar-refractivity contribution in [1.29, 1.82) is 0 Å². The summed E-state index contributed by atoms with van der Waals surface area (Å²) < 4.78 is 32.4. The maximum absolute atomic E-state index is 12.0. The Kier molecular flexibility index (Phi) is 6.97. The van der Waals surface area contributed by atoms with Crippen molar-refractivity contribution in [2.24, 2.45) is 4.99 Å². The van der Waals surface area contributed by atoms with Crippen molar-refractivity contribution in [2.75, 3.05) is 19.6 Å². The monoisotopic (exact) mass is 385 g/mol. The third kappa shape index (κ3) is 5.83. The van der Waals surface area contributed by atoms with E-state index in [9.17, 15) is 8.42 Å². The second-order valence-electron chi connectivity index (χ2n) is 5.20. The van der Waals surface area contributed by atoms with E-state index >= 15 is 0 Å². The smallest absolute Gasteiger partial charge is 0.250 e. The van der Waals surface area contributed by atoms with Gasteiger partial charge in [-0.25, -0.2) is 23.1 Å². The van der Waals surface area contributed by atoms with Crippen LogP contribution in [0.2, 0.25) is 0 Å². The molecule has 3 N–H and O–H groups in total. The Morgan fingerprint density at radius 3 is 2.72 bits per heavy atom. The Morgan fingerprint density at radius 2 is 2.12 bits per heavy atom. The summed E-state index contributed by atoms with van der Waals surface area (Å²) in [5.74, 6) is 1.91. The molecule has 0 radical (unpaired) electrons. The molecule has 8 nitrogen and oxygen atoms in total. The largest absolute Gasteiger partial charge is 0.444 e. The highest BCUT2D eigenvalue weighted by atomic mass is 32.2. The van der Waals surface area contributed by atoms with E-state index in [0.717, 1.165) is 11.5 Å². The summed E-state index contributed by atoms with van der Waals surface area (Å²) in [6.07, 6.45) is 0. The lowest BCUT2D eigenvalue weighted by atomic mass is 10.4. The molecule has 2 aromatic heterocycles. The Hall–Kier alpha value is -1.91. The van der Waals surface area contributed by atoms with E-state index < -0.39 is 10.0 Å². The highest BCUT2D eigenvalue weighted by molar-refractivity contribution is 7.91. The third-order valence-corrected chi connectivity index (χ3v) is 6.12. The van der Waals surface area contributed by atoms with Gasteiger partial charge in [0, 0.05) is 19.6 Å². The van der Waals surface area contributed by atoms with Crippen molar-refractivity contribution in [3.8, 4) is 0 Å². The standard InChI is InChI=1S/C15H23N5O3S2/c1-4-16-15(18-10-13-20-11(2)12(3)23-13)17-7-8-19-25(21,22)14-6-5-9-24-14/h5-6,9,19H,4,7-8,10H2,1-3H3,(H2,16,17,18). The van der Waals surface area contributed by atoms with Crippen molar-refractivity contribution in [3.63, 3.8) is 0 Å². The van der Waals surface area contributed by atoms with Crippen molar-refractivity contribution < 1.29 is 12.8 Å². The summed E-state index contributed by atoms with van der Waals surface area (Å²) in [6, 6.07) is 3.28. The normalized spacial score (nSPS) is 12.4. The van der Waals surface area contributed by atoms with Gasteiger partial charge in [-0.15, -0.1) is 11.3 Å². The van der Waals surface area contributed by atoms with Gasteiger partial charge >= 0.3 is 0 Å². The van der Waals surface area contributed by atoms with Crippen molar-refractivity contribution >= 4 is 27.3 Å². The maximum atomic E-state index is 12.0. The quantitative estimate of drug-likeness (QED) is 0.360. The van der Waals surface area contributed by atoms with Crippen molar-refractivity contribution in [3.05, 3.63) is 34.9 Å². The number of aromatic nitrogens is 1. The van der Waals surface area contributed by atoms with Gasteiger partial charge in [0.2, 0.25) is 15.9 Å². The average Bonchev–Trinajstić information content (AvgIpc) is 3.20. The lowest BCUT2D eigenvalue weighted by molar-refractivity contribution is 0.473. The van der Waals surface area contributed by atoms with Gasteiger partial charge < -0.3 is 15.1 Å². The molecule has 25 heavy (non-hydrogen) atoms. The minimum absolute atomic E-state index is 0.252. The molecular formula is C15H23N5O3S2. The lowest BCUT2D eigenvalue weighted by Gasteiger charge is -2.11. The number of rotatable bonds is 8. The molecule has 0 saturated heterocycles. The van der Waals surface area contributed by atoms with Gasteiger partial charge in [0.25, 0.3) is 0 Å². The van der Waals surface area contributed by atoms with Gasteiger partial charge in [0.05, 0.1) is 5.69 Å². The SMILES string of the molecule is CCNC(=NCc1nc(C)c(C)o1)NCCNS(=O)(=O)c1cccs1. The molecule has 0 aliphatic carbocycles. The zero-order chi connectivity index (χ0) is 18.3. The molecule has 138 valence electrons. The van der Waals surface area contributed by atoms with Gasteiger partial charge in [-0.1, -0.05) is 6.07 Å². The van der Waals surface area contributed by atoms with Crippen LogP contribution in [0.25, 0.3) is 0 Å². The van der Waals surface area contributed by atoms with E-state index in [4.69, 9.17) is 4.42 Å². The second kappa shape index (κ2) is 8.97. The van der Waals surface area contributed by atoms with Gasteiger partial charge in [0.1, 0.15) is 16.5 Å². The number of aryl methyl sites for hydroxylation is 2. The van der Waals surface area contributed by atoms with Crippen molar-refractivity contribution in [2.45, 2.75) is 31.5 Å². The number of aliphatic imine (C=N–C) groups is 1. The molecule has 0 saturated carbocycles. The number of hydrogen-bond acceptors (Lipinski definition) is 6. The average molecular weight is 386 g/mol. The van der Waals surface area contributed by atoms with E-state index in [1.54, 1.807) is 17.5 Å². The third-order valence-electron chi connectivity index (χ3n) is 3.26. The molecule has 0 aliphatic rings. The van der Waals surface area contributed by atoms with Crippen LogP contribution in [0.5, 0.6) is 0 Å². The Bertz CT molecular complexity index is 778. The number of sulfonamides is 1. The molecule has 0 aromatic carbocycles. The van der Waals surface area contributed by atoms with E-state index in [0.29, 0.717) is 35.7 Å². The van der Waals surface area contributed by atoms with E-state index in [-0.39, 0.29) is 6.54 Å². The van der Waals surface area contributed by atoms with E-state index in [1.807, 2.05) is 20.8 Å². The molecule has 2 aromatic rings. The molecule has 0 fully saturated rings. The first kappa shape index (κ1) is 19.4. The first-order valence-corrected chi connectivity index (χ1v) is 10.3. The molecule has 0 amide bonds. The van der Waals surface area contributed by atoms with Crippen molar-refractivity contribution in [1.82, 2.24) is 20.3 Å². The number of nitrogens with one attached hydrogen (secondary N) is 3. The van der Waals surface area contributed by atoms with Crippen LogP contribution in [0.3, 0.4) is 0 Å². The predicted molar refractivity (Wildman–Crippen MR) is 98.3 cm³/mol. The highest BCUT2D eigenvalue weighted by Gasteiger charge is 2.13. The molecule has 2 heterocycles. The molecule has 2 rings (SSSR count). The van der Waals surface area contributed by atoms with E-state index in [1.165, 1.54) is 11.3 Å². The molecular weight excluding hydrogens is 362 g/mol. The highest BCUT2D eigenvalue weighted by Crippen LogP contribution is 2.14. The van der Waals surface area contributed by atoms with Gasteiger partial charge in [-0.3, -0.25) is 0 Å². The maximum Gasteiger partial charge on any atom is 0.250 e. The van der Waals surface area contributed by atoms with Crippen LogP contribution in [0, 0.1) is 13.8 Å².